The van der Waals surface area contributed by atoms with E-state index >= 15 is 0 Å². The third-order valence-electron chi connectivity index (χ3n) is 8.24. The molecule has 5 atom stereocenters. The summed E-state index contributed by atoms with van der Waals surface area (Å²) in [6.07, 6.45) is -3.85. The van der Waals surface area contributed by atoms with Gasteiger partial charge in [0.15, 0.2) is 0 Å². The SMILES string of the molecule is BNNC(=O)OCCSSC[C@H](NC(=O)[C@H](CC(=O)O)NC(=O)[C@H](CC(=O)O)NC(=O)Cc1ccc(NC(=O)NCCCC[C@H](NC(=O)N[C@@H](CCC(=O)O)C(=O)O)C(=O)O)cc1)C(=O)O. The minimum atomic E-state index is -1.90. The summed E-state index contributed by atoms with van der Waals surface area (Å²) in [5, 5.41) is 73.6. The number of aliphatic carboxylic acids is 6. The Labute approximate surface area is 383 Å². The molecule has 0 aliphatic carbocycles. The molecule has 0 aliphatic heterocycles. The molecule has 8 amide bonds. The van der Waals surface area contributed by atoms with Crippen molar-refractivity contribution in [2.24, 2.45) is 0 Å². The average molecular weight is 976 g/mol. The molecule has 0 aliphatic rings. The summed E-state index contributed by atoms with van der Waals surface area (Å²) in [6.45, 7) is 0.0228. The number of carbonyl (C=O) groups excluding carboxylic acids is 6. The lowest BCUT2D eigenvalue weighted by Crippen LogP contribution is -2.57. The predicted molar refractivity (Wildman–Crippen MR) is 231 cm³/mol. The zero-order valence-corrected chi connectivity index (χ0v) is 36.6. The number of hydrogen-bond acceptors (Lipinski definition) is 16. The third kappa shape index (κ3) is 25.3. The standard InChI is InChI=1S/C35H50BN9O19S2/c36-45-44-35(63)64-11-12-65-66-16-23(32(59)60)41-29(54)22(15-27(51)52)40-28(53)21(14-26(49)50)39-24(46)13-17-4-6-18(7-5-17)38-33(61)37-10-2-1-3-19(30(55)56)42-34(62)43-20(31(57)58)8-9-25(47)48/h4-7,19-23,45H,1-3,8-16,36H2,(H,39,46)(H,40,53)(H,41,54)(H,44,63)(H,47,48)(H,49,50)(H,51,52)(H,55,56)(H,57,58)(H,59,60)(H2,37,38,61)(H2,42,43,62)/t19-,20-,21-,22-,23-/m0/s1. The van der Waals surface area contributed by atoms with Crippen LogP contribution in [0.2, 0.25) is 0 Å². The van der Waals surface area contributed by atoms with Gasteiger partial charge in [-0.05, 0) is 43.4 Å². The lowest BCUT2D eigenvalue weighted by Gasteiger charge is -2.23. The monoisotopic (exact) mass is 975 g/mol. The van der Waals surface area contributed by atoms with Crippen molar-refractivity contribution < 1.29 is 92.9 Å². The number of benzene rings is 1. The van der Waals surface area contributed by atoms with Gasteiger partial charge in [0.05, 0.1) is 19.3 Å². The van der Waals surface area contributed by atoms with Gasteiger partial charge < -0.3 is 72.6 Å². The molecule has 0 saturated heterocycles. The molecule has 0 spiro atoms. The maximum absolute atomic E-state index is 13.1. The molecular weight excluding hydrogens is 925 g/mol. The topological polar surface area (TPSA) is 444 Å². The highest BCUT2D eigenvalue weighted by molar-refractivity contribution is 8.76. The van der Waals surface area contributed by atoms with Crippen LogP contribution < -0.4 is 48.0 Å². The molecule has 1 aromatic rings. The number of carboxylic acids is 6. The van der Waals surface area contributed by atoms with Crippen molar-refractivity contribution in [1.29, 1.82) is 0 Å². The number of nitrogens with one attached hydrogen (secondary N) is 9. The second-order valence-electron chi connectivity index (χ2n) is 13.5. The fourth-order valence-electron chi connectivity index (χ4n) is 5.10. The highest BCUT2D eigenvalue weighted by Crippen LogP contribution is 2.22. The summed E-state index contributed by atoms with van der Waals surface area (Å²) in [7, 11) is 3.52. The zero-order valence-electron chi connectivity index (χ0n) is 35.0. The van der Waals surface area contributed by atoms with Gasteiger partial charge in [-0.25, -0.2) is 28.8 Å². The van der Waals surface area contributed by atoms with E-state index in [1.807, 2.05) is 5.32 Å². The molecule has 0 unspecified atom stereocenters. The fraction of sp³-hybridized carbons (Fsp3) is 0.486. The second-order valence-corrected chi connectivity index (χ2v) is 16.1. The van der Waals surface area contributed by atoms with Crippen LogP contribution in [0, 0.1) is 0 Å². The van der Waals surface area contributed by atoms with Crippen molar-refractivity contribution in [1.82, 2.24) is 42.7 Å². The summed E-state index contributed by atoms with van der Waals surface area (Å²) in [5.74, 6) is -12.2. The third-order valence-corrected chi connectivity index (χ3v) is 10.6. The van der Waals surface area contributed by atoms with Crippen molar-refractivity contribution in [3.8, 4) is 0 Å². The van der Waals surface area contributed by atoms with Crippen LogP contribution in [0.25, 0.3) is 0 Å². The number of anilines is 1. The van der Waals surface area contributed by atoms with Crippen molar-refractivity contribution in [2.75, 3.05) is 30.0 Å². The first kappa shape index (κ1) is 57.0. The molecule has 0 bridgehead atoms. The van der Waals surface area contributed by atoms with Gasteiger partial charge in [0.25, 0.3) is 0 Å². The lowest BCUT2D eigenvalue weighted by molar-refractivity contribution is -0.144. The van der Waals surface area contributed by atoms with E-state index in [0.29, 0.717) is 5.56 Å². The molecule has 0 saturated carbocycles. The van der Waals surface area contributed by atoms with E-state index in [2.05, 4.69) is 42.7 Å². The van der Waals surface area contributed by atoms with E-state index in [9.17, 15) is 78.0 Å². The van der Waals surface area contributed by atoms with Crippen LogP contribution in [0.3, 0.4) is 0 Å². The Kier molecular flexibility index (Phi) is 26.7. The van der Waals surface area contributed by atoms with Crippen LogP contribution in [0.5, 0.6) is 0 Å². The number of ether oxygens (including phenoxy) is 1. The Bertz CT molecular complexity index is 1900. The van der Waals surface area contributed by atoms with Crippen molar-refractivity contribution >= 4 is 107 Å². The lowest BCUT2D eigenvalue weighted by atomic mass is 10.1. The maximum atomic E-state index is 13.1. The normalized spacial score (nSPS) is 12.8. The van der Waals surface area contributed by atoms with E-state index in [-0.39, 0.29) is 49.6 Å². The molecule has 1 aromatic carbocycles. The van der Waals surface area contributed by atoms with E-state index in [1.165, 1.54) is 32.2 Å². The minimum Gasteiger partial charge on any atom is -0.481 e. The first-order valence-electron chi connectivity index (χ1n) is 19.4. The van der Waals surface area contributed by atoms with Crippen LogP contribution >= 0.6 is 21.6 Å². The van der Waals surface area contributed by atoms with Gasteiger partial charge >= 0.3 is 54.0 Å². The molecule has 66 heavy (non-hydrogen) atoms. The zero-order chi connectivity index (χ0) is 49.8. The summed E-state index contributed by atoms with van der Waals surface area (Å²) in [4.78, 5) is 143. The van der Waals surface area contributed by atoms with Gasteiger partial charge in [-0.1, -0.05) is 33.7 Å². The molecule has 0 heterocycles. The summed E-state index contributed by atoms with van der Waals surface area (Å²) in [6, 6.07) is -4.42. The number of unbranched alkanes of at least 4 members (excludes halogenated alkanes) is 1. The molecule has 15 N–H and O–H groups in total. The van der Waals surface area contributed by atoms with E-state index < -0.39 is 134 Å². The highest BCUT2D eigenvalue weighted by Gasteiger charge is 2.32. The first-order chi connectivity index (χ1) is 31.1. The summed E-state index contributed by atoms with van der Waals surface area (Å²) >= 11 is 0. The Morgan fingerprint density at radius 2 is 1.15 bits per heavy atom. The number of urea groups is 2. The molecule has 1 rings (SSSR count). The minimum absolute atomic E-state index is 0.0382. The maximum Gasteiger partial charge on any atom is 0.420 e. The quantitative estimate of drug-likeness (QED) is 0.0150. The second kappa shape index (κ2) is 31.0. The van der Waals surface area contributed by atoms with Crippen LogP contribution in [0.1, 0.15) is 50.5 Å². The Hall–Kier alpha value is -7.02. The molecule has 31 heteroatoms. The van der Waals surface area contributed by atoms with Crippen LogP contribution in [-0.2, 0) is 54.3 Å². The summed E-state index contributed by atoms with van der Waals surface area (Å²) in [5.41, 5.74) is 2.76. The van der Waals surface area contributed by atoms with Gasteiger partial charge in [-0.15, -0.1) is 0 Å². The number of rotatable bonds is 32. The first-order valence-corrected chi connectivity index (χ1v) is 21.9. The number of hydrogen-bond donors (Lipinski definition) is 15. The number of carbonyl (C=O) groups is 12. The molecular formula is C35H50BN9O19S2. The largest absolute Gasteiger partial charge is 0.481 e. The van der Waals surface area contributed by atoms with E-state index in [1.54, 1.807) is 0 Å². The number of amides is 8. The van der Waals surface area contributed by atoms with Crippen molar-refractivity contribution in [2.45, 2.75) is 81.6 Å². The smallest absolute Gasteiger partial charge is 0.420 e. The van der Waals surface area contributed by atoms with Crippen molar-refractivity contribution in [3.63, 3.8) is 0 Å². The van der Waals surface area contributed by atoms with E-state index in [4.69, 9.17) is 14.9 Å². The van der Waals surface area contributed by atoms with Gasteiger partial charge in [-0.3, -0.25) is 39.5 Å². The van der Waals surface area contributed by atoms with Crippen LogP contribution in [0.15, 0.2) is 24.3 Å². The van der Waals surface area contributed by atoms with Gasteiger partial charge in [0, 0.05) is 30.2 Å². The Morgan fingerprint density at radius 1 is 0.606 bits per heavy atom. The summed E-state index contributed by atoms with van der Waals surface area (Å²) < 4.78 is 4.82. The molecule has 0 fully saturated rings. The Balaban J connectivity index is 2.71. The average Bonchev–Trinajstić information content (AvgIpc) is 3.22. The molecule has 28 nitrogen and oxygen atoms in total. The van der Waals surface area contributed by atoms with Gasteiger partial charge in [-0.2, -0.15) is 0 Å². The fourth-order valence-corrected chi connectivity index (χ4v) is 7.08. The predicted octanol–water partition coefficient (Wildman–Crippen LogP) is -2.76. The van der Waals surface area contributed by atoms with Crippen molar-refractivity contribution in [3.05, 3.63) is 29.8 Å². The van der Waals surface area contributed by atoms with Crippen LogP contribution in [-0.4, -0.2) is 165 Å². The number of hydrazine groups is 1. The van der Waals surface area contributed by atoms with Gasteiger partial charge in [0.2, 0.25) is 25.7 Å². The molecule has 0 aromatic heterocycles. The molecule has 0 radical (unpaired) electrons. The Morgan fingerprint density at radius 3 is 1.68 bits per heavy atom. The number of carboxylic acid groups (broad SMARTS) is 6. The van der Waals surface area contributed by atoms with Crippen LogP contribution in [0.4, 0.5) is 20.1 Å². The van der Waals surface area contributed by atoms with E-state index in [0.717, 1.165) is 21.6 Å². The van der Waals surface area contributed by atoms with Gasteiger partial charge in [0.1, 0.15) is 36.8 Å². The highest BCUT2D eigenvalue weighted by atomic mass is 33.1. The molecule has 364 valence electrons.